The van der Waals surface area contributed by atoms with Crippen LogP contribution in [0, 0.1) is 0 Å². The summed E-state index contributed by atoms with van der Waals surface area (Å²) in [6, 6.07) is 0. The standard InChI is InChI=1S/C25H46N2O/c1-3-4-5-6-7-8-9-10-11-12-13-14-15-16-17-18-21-27-22-19-20-26-24(2)23-25(27)28/h10-11H,3-9,12-23H2,1-2H3/b11-10+,26-24-. The minimum absolute atomic E-state index is 0.272. The summed E-state index contributed by atoms with van der Waals surface area (Å²) in [4.78, 5) is 18.7. The van der Waals surface area contributed by atoms with E-state index in [0.717, 1.165) is 38.2 Å². The van der Waals surface area contributed by atoms with Crippen LogP contribution in [-0.2, 0) is 4.79 Å². The third kappa shape index (κ3) is 14.0. The van der Waals surface area contributed by atoms with Crippen molar-refractivity contribution in [3.05, 3.63) is 12.2 Å². The van der Waals surface area contributed by atoms with Gasteiger partial charge in [-0.25, -0.2) is 0 Å². The first-order valence-electron chi connectivity index (χ1n) is 12.2. The molecule has 0 radical (unpaired) electrons. The van der Waals surface area contributed by atoms with Crippen LogP contribution >= 0.6 is 0 Å². The lowest BCUT2D eigenvalue weighted by Gasteiger charge is -2.24. The molecule has 0 N–H and O–H groups in total. The van der Waals surface area contributed by atoms with Gasteiger partial charge in [0.1, 0.15) is 0 Å². The van der Waals surface area contributed by atoms with E-state index < -0.39 is 0 Å². The summed E-state index contributed by atoms with van der Waals surface area (Å²) in [5.41, 5.74) is 0.996. The first kappa shape index (κ1) is 24.9. The Balaban J connectivity index is 1.88. The molecule has 1 aliphatic rings. The van der Waals surface area contributed by atoms with Gasteiger partial charge in [-0.15, -0.1) is 0 Å². The molecule has 3 nitrogen and oxygen atoms in total. The number of carbonyl (C=O) groups is 1. The summed E-state index contributed by atoms with van der Waals surface area (Å²) in [6.07, 6.45) is 24.9. The monoisotopic (exact) mass is 390 g/mol. The molecule has 0 saturated carbocycles. The van der Waals surface area contributed by atoms with Gasteiger partial charge >= 0.3 is 0 Å². The molecule has 3 heteroatoms. The Hall–Kier alpha value is -1.12. The van der Waals surface area contributed by atoms with Crippen LogP contribution in [0.4, 0.5) is 0 Å². The van der Waals surface area contributed by atoms with Gasteiger partial charge in [-0.3, -0.25) is 9.79 Å². The largest absolute Gasteiger partial charge is 0.342 e. The Morgan fingerprint density at radius 1 is 0.857 bits per heavy atom. The van der Waals surface area contributed by atoms with E-state index in [-0.39, 0.29) is 5.91 Å². The number of hydrogen-bond acceptors (Lipinski definition) is 2. The van der Waals surface area contributed by atoms with Crippen LogP contribution in [0.3, 0.4) is 0 Å². The molecule has 0 fully saturated rings. The van der Waals surface area contributed by atoms with E-state index in [1.165, 1.54) is 83.5 Å². The average Bonchev–Trinajstić information content (AvgIpc) is 2.67. The number of unbranched alkanes of at least 4 members (excludes halogenated alkanes) is 12. The average molecular weight is 391 g/mol. The highest BCUT2D eigenvalue weighted by Gasteiger charge is 2.15. The SMILES string of the molecule is CCCCCCCC/C=C/CCCCCCCCN1CCC/N=C(/C)CC1=O. The van der Waals surface area contributed by atoms with Gasteiger partial charge in [0.05, 0.1) is 6.42 Å². The molecule has 162 valence electrons. The summed E-state index contributed by atoms with van der Waals surface area (Å²) < 4.78 is 0. The van der Waals surface area contributed by atoms with Crippen molar-refractivity contribution in [3.8, 4) is 0 Å². The number of hydrogen-bond donors (Lipinski definition) is 0. The van der Waals surface area contributed by atoms with Gasteiger partial charge < -0.3 is 4.90 Å². The Morgan fingerprint density at radius 2 is 1.43 bits per heavy atom. The van der Waals surface area contributed by atoms with Crippen LogP contribution in [0.1, 0.15) is 117 Å². The molecule has 1 heterocycles. The molecule has 0 aliphatic carbocycles. The smallest absolute Gasteiger partial charge is 0.228 e. The van der Waals surface area contributed by atoms with Crippen molar-refractivity contribution in [2.75, 3.05) is 19.6 Å². The van der Waals surface area contributed by atoms with Crippen LogP contribution in [0.25, 0.3) is 0 Å². The van der Waals surface area contributed by atoms with Crippen molar-refractivity contribution in [2.45, 2.75) is 117 Å². The van der Waals surface area contributed by atoms with E-state index in [1.807, 2.05) is 6.92 Å². The number of nitrogens with zero attached hydrogens (tertiary/aromatic N) is 2. The van der Waals surface area contributed by atoms with E-state index in [1.54, 1.807) is 0 Å². The quantitative estimate of drug-likeness (QED) is 0.204. The Bertz CT molecular complexity index is 442. The van der Waals surface area contributed by atoms with Gasteiger partial charge in [-0.2, -0.15) is 0 Å². The Morgan fingerprint density at radius 3 is 2.07 bits per heavy atom. The van der Waals surface area contributed by atoms with E-state index in [9.17, 15) is 4.79 Å². The van der Waals surface area contributed by atoms with Gasteiger partial charge in [-0.1, -0.05) is 76.9 Å². The second-order valence-electron chi connectivity index (χ2n) is 8.47. The van der Waals surface area contributed by atoms with Gasteiger partial charge in [0.25, 0.3) is 0 Å². The van der Waals surface area contributed by atoms with E-state index in [0.29, 0.717) is 6.42 Å². The molecule has 0 aromatic carbocycles. The topological polar surface area (TPSA) is 32.7 Å². The van der Waals surface area contributed by atoms with Crippen LogP contribution in [-0.4, -0.2) is 36.2 Å². The number of amides is 1. The Kier molecular flexibility index (Phi) is 16.0. The summed E-state index contributed by atoms with van der Waals surface area (Å²) in [6.45, 7) is 6.96. The summed E-state index contributed by atoms with van der Waals surface area (Å²) in [5, 5.41) is 0. The van der Waals surface area contributed by atoms with Crippen LogP contribution in [0.5, 0.6) is 0 Å². The highest BCUT2D eigenvalue weighted by molar-refractivity contribution is 5.99. The fraction of sp³-hybridized carbons (Fsp3) is 0.840. The molecule has 0 saturated heterocycles. The maximum absolute atomic E-state index is 12.2. The van der Waals surface area contributed by atoms with E-state index in [4.69, 9.17) is 0 Å². The lowest BCUT2D eigenvalue weighted by Crippen LogP contribution is -2.35. The summed E-state index contributed by atoms with van der Waals surface area (Å²) in [7, 11) is 0. The lowest BCUT2D eigenvalue weighted by atomic mass is 10.1. The maximum atomic E-state index is 12.2. The predicted molar refractivity (Wildman–Crippen MR) is 123 cm³/mol. The third-order valence-electron chi connectivity index (χ3n) is 5.67. The van der Waals surface area contributed by atoms with Crippen molar-refractivity contribution in [1.29, 1.82) is 0 Å². The zero-order valence-electron chi connectivity index (χ0n) is 18.9. The number of aliphatic imine (C=N–C) groups is 1. The summed E-state index contributed by atoms with van der Waals surface area (Å²) >= 11 is 0. The van der Waals surface area contributed by atoms with Crippen molar-refractivity contribution < 1.29 is 4.79 Å². The number of rotatable bonds is 16. The van der Waals surface area contributed by atoms with Crippen molar-refractivity contribution >= 4 is 11.6 Å². The fourth-order valence-corrected chi connectivity index (χ4v) is 3.83. The van der Waals surface area contributed by atoms with E-state index >= 15 is 0 Å². The fourth-order valence-electron chi connectivity index (χ4n) is 3.83. The number of carbonyl (C=O) groups excluding carboxylic acids is 1. The normalized spacial score (nSPS) is 17.6. The van der Waals surface area contributed by atoms with E-state index in [2.05, 4.69) is 29.0 Å². The lowest BCUT2D eigenvalue weighted by molar-refractivity contribution is -0.130. The number of allylic oxidation sites excluding steroid dienone is 2. The molecular weight excluding hydrogens is 344 g/mol. The zero-order valence-corrected chi connectivity index (χ0v) is 18.9. The Labute approximate surface area is 175 Å². The van der Waals surface area contributed by atoms with Crippen LogP contribution in [0.15, 0.2) is 17.1 Å². The first-order valence-corrected chi connectivity index (χ1v) is 12.2. The molecule has 1 amide bonds. The summed E-state index contributed by atoms with van der Waals surface area (Å²) in [5.74, 6) is 0.272. The molecule has 0 unspecified atom stereocenters. The highest BCUT2D eigenvalue weighted by atomic mass is 16.2. The van der Waals surface area contributed by atoms with Gasteiger partial charge in [-0.05, 0) is 45.4 Å². The van der Waals surface area contributed by atoms with Gasteiger partial charge in [0.2, 0.25) is 5.91 Å². The highest BCUT2D eigenvalue weighted by Crippen LogP contribution is 2.11. The molecular formula is C25H46N2O. The maximum Gasteiger partial charge on any atom is 0.228 e. The van der Waals surface area contributed by atoms with Crippen molar-refractivity contribution in [3.63, 3.8) is 0 Å². The van der Waals surface area contributed by atoms with Gasteiger partial charge in [0.15, 0.2) is 0 Å². The van der Waals surface area contributed by atoms with Crippen LogP contribution < -0.4 is 0 Å². The predicted octanol–water partition coefficient (Wildman–Crippen LogP) is 7.11. The first-order chi connectivity index (χ1) is 13.7. The van der Waals surface area contributed by atoms with Crippen LogP contribution in [0.2, 0.25) is 0 Å². The van der Waals surface area contributed by atoms with Crippen molar-refractivity contribution in [1.82, 2.24) is 4.90 Å². The minimum Gasteiger partial charge on any atom is -0.342 e. The molecule has 1 aliphatic heterocycles. The molecule has 0 aromatic rings. The second kappa shape index (κ2) is 17.9. The van der Waals surface area contributed by atoms with Crippen molar-refractivity contribution in [2.24, 2.45) is 4.99 Å². The zero-order chi connectivity index (χ0) is 20.3. The minimum atomic E-state index is 0.272. The molecule has 0 bridgehead atoms. The third-order valence-corrected chi connectivity index (χ3v) is 5.67. The van der Waals surface area contributed by atoms with Gasteiger partial charge in [0, 0.05) is 25.3 Å². The molecule has 0 spiro atoms. The second-order valence-corrected chi connectivity index (χ2v) is 8.47. The molecule has 0 aromatic heterocycles. The molecule has 0 atom stereocenters. The molecule has 28 heavy (non-hydrogen) atoms. The molecule has 1 rings (SSSR count).